The maximum absolute atomic E-state index is 9.27. The van der Waals surface area contributed by atoms with E-state index in [-0.39, 0.29) is 6.10 Å². The van der Waals surface area contributed by atoms with E-state index in [1.54, 1.807) is 0 Å². The molecule has 1 unspecified atom stereocenters. The van der Waals surface area contributed by atoms with Crippen LogP contribution in [0.1, 0.15) is 6.92 Å². The van der Waals surface area contributed by atoms with Gasteiger partial charge in [-0.3, -0.25) is 9.80 Å². The van der Waals surface area contributed by atoms with Crippen molar-refractivity contribution in [1.82, 2.24) is 15.1 Å². The van der Waals surface area contributed by atoms with E-state index in [4.69, 9.17) is 0 Å². The maximum atomic E-state index is 9.27. The molecule has 2 rings (SSSR count). The average molecular weight is 199 g/mol. The van der Waals surface area contributed by atoms with Gasteiger partial charge in [-0.25, -0.2) is 0 Å². The van der Waals surface area contributed by atoms with Gasteiger partial charge in [0, 0.05) is 51.9 Å². The predicted molar refractivity (Wildman–Crippen MR) is 56.4 cm³/mol. The SMILES string of the molecule is CC(O)CN1CCN(C2CNC2)CC1. The van der Waals surface area contributed by atoms with Crippen molar-refractivity contribution in [3.8, 4) is 0 Å². The third-order valence-electron chi connectivity index (χ3n) is 3.21. The molecule has 0 amide bonds. The van der Waals surface area contributed by atoms with Gasteiger partial charge in [0.1, 0.15) is 0 Å². The van der Waals surface area contributed by atoms with Crippen molar-refractivity contribution in [2.24, 2.45) is 0 Å². The fraction of sp³-hybridized carbons (Fsp3) is 1.00. The Morgan fingerprint density at radius 2 is 1.93 bits per heavy atom. The summed E-state index contributed by atoms with van der Waals surface area (Å²) in [6, 6.07) is 0.781. The summed E-state index contributed by atoms with van der Waals surface area (Å²) in [5.41, 5.74) is 0. The van der Waals surface area contributed by atoms with Crippen LogP contribution < -0.4 is 5.32 Å². The van der Waals surface area contributed by atoms with E-state index >= 15 is 0 Å². The second-order valence-electron chi connectivity index (χ2n) is 4.50. The van der Waals surface area contributed by atoms with E-state index in [0.29, 0.717) is 0 Å². The van der Waals surface area contributed by atoms with E-state index in [1.165, 1.54) is 13.1 Å². The van der Waals surface area contributed by atoms with Gasteiger partial charge in [-0.1, -0.05) is 0 Å². The number of nitrogens with zero attached hydrogens (tertiary/aromatic N) is 2. The molecule has 2 N–H and O–H groups in total. The molecule has 0 aliphatic carbocycles. The van der Waals surface area contributed by atoms with Crippen LogP contribution in [0.25, 0.3) is 0 Å². The Kier molecular flexibility index (Phi) is 3.38. The van der Waals surface area contributed by atoms with Crippen molar-refractivity contribution in [3.05, 3.63) is 0 Å². The zero-order valence-electron chi connectivity index (χ0n) is 8.95. The van der Waals surface area contributed by atoms with Gasteiger partial charge in [0.05, 0.1) is 6.10 Å². The summed E-state index contributed by atoms with van der Waals surface area (Å²) in [6.45, 7) is 9.58. The number of hydrogen-bond acceptors (Lipinski definition) is 4. The highest BCUT2D eigenvalue weighted by Crippen LogP contribution is 2.09. The molecule has 2 heterocycles. The molecule has 0 bridgehead atoms. The zero-order valence-corrected chi connectivity index (χ0v) is 8.95. The highest BCUT2D eigenvalue weighted by molar-refractivity contribution is 4.87. The molecule has 2 aliphatic rings. The van der Waals surface area contributed by atoms with Crippen molar-refractivity contribution < 1.29 is 5.11 Å². The Morgan fingerprint density at radius 3 is 2.36 bits per heavy atom. The molecule has 2 aliphatic heterocycles. The number of nitrogens with one attached hydrogen (secondary N) is 1. The van der Waals surface area contributed by atoms with Crippen LogP contribution in [0.2, 0.25) is 0 Å². The Labute approximate surface area is 85.9 Å². The predicted octanol–water partition coefficient (Wildman–Crippen LogP) is -1.04. The van der Waals surface area contributed by atoms with E-state index in [0.717, 1.165) is 38.8 Å². The number of hydrogen-bond donors (Lipinski definition) is 2. The van der Waals surface area contributed by atoms with Gasteiger partial charge in [0.2, 0.25) is 0 Å². The molecule has 0 spiro atoms. The largest absolute Gasteiger partial charge is 0.392 e. The minimum Gasteiger partial charge on any atom is -0.392 e. The lowest BCUT2D eigenvalue weighted by molar-refractivity contribution is 0.0487. The van der Waals surface area contributed by atoms with Crippen LogP contribution in [0, 0.1) is 0 Å². The summed E-state index contributed by atoms with van der Waals surface area (Å²) < 4.78 is 0. The number of rotatable bonds is 3. The molecule has 0 radical (unpaired) electrons. The smallest absolute Gasteiger partial charge is 0.0639 e. The monoisotopic (exact) mass is 199 g/mol. The highest BCUT2D eigenvalue weighted by Gasteiger charge is 2.27. The second kappa shape index (κ2) is 4.57. The first-order valence-corrected chi connectivity index (χ1v) is 5.61. The van der Waals surface area contributed by atoms with Crippen LogP contribution >= 0.6 is 0 Å². The standard InChI is InChI=1S/C10H21N3O/c1-9(14)8-12-2-4-13(5-3-12)10-6-11-7-10/h9-11,14H,2-8H2,1H3. The van der Waals surface area contributed by atoms with Gasteiger partial charge >= 0.3 is 0 Å². The highest BCUT2D eigenvalue weighted by atomic mass is 16.3. The molecular formula is C10H21N3O. The summed E-state index contributed by atoms with van der Waals surface area (Å²) in [4.78, 5) is 4.92. The van der Waals surface area contributed by atoms with Gasteiger partial charge in [0.15, 0.2) is 0 Å². The molecule has 14 heavy (non-hydrogen) atoms. The van der Waals surface area contributed by atoms with Crippen LogP contribution in [0.4, 0.5) is 0 Å². The number of β-amino-alcohol motifs (C(OH)–C–C–N with tert-alkyl or cyclic N) is 1. The lowest BCUT2D eigenvalue weighted by Gasteiger charge is -2.43. The van der Waals surface area contributed by atoms with Crippen molar-refractivity contribution in [3.63, 3.8) is 0 Å². The third-order valence-corrected chi connectivity index (χ3v) is 3.21. The molecule has 4 heteroatoms. The average Bonchev–Trinajstić information content (AvgIpc) is 2.04. The number of piperazine rings is 1. The van der Waals surface area contributed by atoms with Gasteiger partial charge in [-0.05, 0) is 6.92 Å². The van der Waals surface area contributed by atoms with E-state index in [2.05, 4.69) is 15.1 Å². The summed E-state index contributed by atoms with van der Waals surface area (Å²) in [5.74, 6) is 0. The van der Waals surface area contributed by atoms with Gasteiger partial charge in [-0.2, -0.15) is 0 Å². The minimum atomic E-state index is -0.188. The Balaban J connectivity index is 1.69. The fourth-order valence-corrected chi connectivity index (χ4v) is 2.22. The second-order valence-corrected chi connectivity index (χ2v) is 4.50. The van der Waals surface area contributed by atoms with E-state index in [9.17, 15) is 5.11 Å². The Hall–Kier alpha value is -0.160. The molecule has 2 saturated heterocycles. The molecular weight excluding hydrogens is 178 g/mol. The Morgan fingerprint density at radius 1 is 1.29 bits per heavy atom. The minimum absolute atomic E-state index is 0.188. The number of aliphatic hydroxyl groups is 1. The molecule has 4 nitrogen and oxygen atoms in total. The molecule has 82 valence electrons. The molecule has 2 fully saturated rings. The third kappa shape index (κ3) is 2.45. The van der Waals surface area contributed by atoms with E-state index < -0.39 is 0 Å². The molecule has 0 aromatic heterocycles. The topological polar surface area (TPSA) is 38.7 Å². The number of aliphatic hydroxyl groups excluding tert-OH is 1. The molecule has 0 aromatic carbocycles. The lowest BCUT2D eigenvalue weighted by Crippen LogP contribution is -2.61. The van der Waals surface area contributed by atoms with Crippen molar-refractivity contribution >= 4 is 0 Å². The van der Waals surface area contributed by atoms with Crippen molar-refractivity contribution in [2.45, 2.75) is 19.1 Å². The Bertz CT molecular complexity index is 174. The first kappa shape index (κ1) is 10.4. The van der Waals surface area contributed by atoms with Crippen LogP contribution in [0.3, 0.4) is 0 Å². The normalized spacial score (nSPS) is 28.7. The van der Waals surface area contributed by atoms with Crippen LogP contribution in [0.5, 0.6) is 0 Å². The summed E-state index contributed by atoms with van der Waals surface area (Å²) in [6.07, 6.45) is -0.188. The van der Waals surface area contributed by atoms with Gasteiger partial charge < -0.3 is 10.4 Å². The van der Waals surface area contributed by atoms with Crippen LogP contribution in [-0.4, -0.2) is 72.9 Å². The van der Waals surface area contributed by atoms with Crippen molar-refractivity contribution in [2.75, 3.05) is 45.8 Å². The summed E-state index contributed by atoms with van der Waals surface area (Å²) >= 11 is 0. The zero-order chi connectivity index (χ0) is 9.97. The fourth-order valence-electron chi connectivity index (χ4n) is 2.22. The van der Waals surface area contributed by atoms with Gasteiger partial charge in [-0.15, -0.1) is 0 Å². The molecule has 1 atom stereocenters. The first-order valence-electron chi connectivity index (χ1n) is 5.61. The molecule has 0 saturated carbocycles. The quantitative estimate of drug-likeness (QED) is 0.609. The summed E-state index contributed by atoms with van der Waals surface area (Å²) in [5, 5.41) is 12.6. The van der Waals surface area contributed by atoms with Crippen molar-refractivity contribution in [1.29, 1.82) is 0 Å². The maximum Gasteiger partial charge on any atom is 0.0639 e. The lowest BCUT2D eigenvalue weighted by atomic mass is 10.1. The van der Waals surface area contributed by atoms with Crippen LogP contribution in [-0.2, 0) is 0 Å². The first-order chi connectivity index (χ1) is 6.75. The van der Waals surface area contributed by atoms with E-state index in [1.807, 2.05) is 6.92 Å². The van der Waals surface area contributed by atoms with Crippen LogP contribution in [0.15, 0.2) is 0 Å². The summed E-state index contributed by atoms with van der Waals surface area (Å²) in [7, 11) is 0. The van der Waals surface area contributed by atoms with Gasteiger partial charge in [0.25, 0.3) is 0 Å². The molecule has 0 aromatic rings.